The molecule has 4 nitrogen and oxygen atoms in total. The Bertz CT molecular complexity index is 713. The number of ether oxygens (including phenoxy) is 3. The Morgan fingerprint density at radius 3 is 2.30 bits per heavy atom. The van der Waals surface area contributed by atoms with Crippen molar-refractivity contribution in [3.63, 3.8) is 0 Å². The Balaban J connectivity index is 2.04. The van der Waals surface area contributed by atoms with Gasteiger partial charge < -0.3 is 14.2 Å². The summed E-state index contributed by atoms with van der Waals surface area (Å²) < 4.78 is 16.5. The molecular formula is C19H18O4. The molecule has 1 aliphatic rings. The summed E-state index contributed by atoms with van der Waals surface area (Å²) in [6, 6.07) is 17.3. The lowest BCUT2D eigenvalue weighted by Gasteiger charge is -2.29. The van der Waals surface area contributed by atoms with Gasteiger partial charge in [0.25, 0.3) is 0 Å². The minimum atomic E-state index is -1.02. The number of methoxy groups -OCH3 is 1. The van der Waals surface area contributed by atoms with Crippen LogP contribution in [0.15, 0.2) is 67.1 Å². The third-order valence-corrected chi connectivity index (χ3v) is 4.00. The van der Waals surface area contributed by atoms with Crippen molar-refractivity contribution >= 4 is 5.97 Å². The fraction of sp³-hybridized carbons (Fsp3) is 0.211. The summed E-state index contributed by atoms with van der Waals surface area (Å²) in [6.45, 7) is 1.81. The summed E-state index contributed by atoms with van der Waals surface area (Å²) in [5, 5.41) is 0. The van der Waals surface area contributed by atoms with Crippen molar-refractivity contribution in [2.45, 2.75) is 18.6 Å². The van der Waals surface area contributed by atoms with E-state index in [0.717, 1.165) is 16.7 Å². The van der Waals surface area contributed by atoms with Crippen LogP contribution in [0.5, 0.6) is 0 Å². The highest BCUT2D eigenvalue weighted by Gasteiger charge is 2.40. The van der Waals surface area contributed by atoms with Gasteiger partial charge in [-0.3, -0.25) is 4.79 Å². The number of hydrogen-bond donors (Lipinski definition) is 0. The van der Waals surface area contributed by atoms with Crippen molar-refractivity contribution in [1.29, 1.82) is 0 Å². The molecule has 1 heterocycles. The van der Waals surface area contributed by atoms with E-state index in [0.29, 0.717) is 0 Å². The van der Waals surface area contributed by atoms with Gasteiger partial charge in [0, 0.05) is 11.1 Å². The Kier molecular flexibility index (Phi) is 4.06. The zero-order valence-electron chi connectivity index (χ0n) is 13.1. The van der Waals surface area contributed by atoms with E-state index in [1.54, 1.807) is 0 Å². The maximum Gasteiger partial charge on any atom is 0.312 e. The molecule has 2 aromatic carbocycles. The molecule has 0 N–H and O–H groups in total. The van der Waals surface area contributed by atoms with Gasteiger partial charge in [-0.2, -0.15) is 0 Å². The molecule has 0 spiro atoms. The number of carbonyl (C=O) groups is 1. The molecule has 2 aromatic rings. The van der Waals surface area contributed by atoms with Crippen LogP contribution in [0.3, 0.4) is 0 Å². The van der Waals surface area contributed by atoms with Gasteiger partial charge >= 0.3 is 11.8 Å². The fourth-order valence-corrected chi connectivity index (χ4v) is 2.70. The van der Waals surface area contributed by atoms with Gasteiger partial charge in [-0.15, -0.1) is 0 Å². The molecule has 118 valence electrons. The average Bonchev–Trinajstić information content (AvgIpc) is 3.12. The first-order chi connectivity index (χ1) is 11.2. The lowest BCUT2D eigenvalue weighted by Crippen LogP contribution is -2.28. The lowest BCUT2D eigenvalue weighted by atomic mass is 9.92. The topological polar surface area (TPSA) is 44.8 Å². The molecule has 23 heavy (non-hydrogen) atoms. The number of hydrogen-bond acceptors (Lipinski definition) is 4. The SMILES string of the molecule is COC(=O)C(C)c1cccc(C2(c3ccccc3)OC=CO2)c1. The van der Waals surface area contributed by atoms with Crippen LogP contribution >= 0.6 is 0 Å². The number of esters is 1. The summed E-state index contributed by atoms with van der Waals surface area (Å²) in [4.78, 5) is 11.8. The summed E-state index contributed by atoms with van der Waals surface area (Å²) in [7, 11) is 1.39. The minimum absolute atomic E-state index is 0.276. The van der Waals surface area contributed by atoms with Crippen molar-refractivity contribution in [1.82, 2.24) is 0 Å². The van der Waals surface area contributed by atoms with Crippen molar-refractivity contribution in [3.05, 3.63) is 83.8 Å². The highest BCUT2D eigenvalue weighted by molar-refractivity contribution is 5.77. The van der Waals surface area contributed by atoms with Crippen LogP contribution in [0, 0.1) is 0 Å². The van der Waals surface area contributed by atoms with E-state index >= 15 is 0 Å². The first kappa shape index (κ1) is 15.2. The van der Waals surface area contributed by atoms with E-state index in [2.05, 4.69) is 0 Å². The molecule has 0 radical (unpaired) electrons. The third kappa shape index (κ3) is 2.68. The molecule has 3 rings (SSSR count). The second kappa shape index (κ2) is 6.16. The van der Waals surface area contributed by atoms with Gasteiger partial charge in [0.15, 0.2) is 0 Å². The normalized spacial score (nSPS) is 16.3. The molecule has 0 fully saturated rings. The quantitative estimate of drug-likeness (QED) is 0.808. The largest absolute Gasteiger partial charge is 0.469 e. The molecule has 0 saturated heterocycles. The molecule has 0 amide bonds. The average molecular weight is 310 g/mol. The summed E-state index contributed by atoms with van der Waals surface area (Å²) in [5.74, 6) is -1.66. The molecule has 0 bridgehead atoms. The molecule has 1 aliphatic heterocycles. The van der Waals surface area contributed by atoms with Gasteiger partial charge in [-0.1, -0.05) is 48.5 Å². The first-order valence-corrected chi connectivity index (χ1v) is 7.42. The highest BCUT2D eigenvalue weighted by Crippen LogP contribution is 2.39. The fourth-order valence-electron chi connectivity index (χ4n) is 2.70. The van der Waals surface area contributed by atoms with Gasteiger partial charge in [0.1, 0.15) is 12.5 Å². The van der Waals surface area contributed by atoms with Crippen LogP contribution in [0.4, 0.5) is 0 Å². The Labute approximate surface area is 135 Å². The molecule has 4 heteroatoms. The van der Waals surface area contributed by atoms with E-state index in [1.165, 1.54) is 19.6 Å². The van der Waals surface area contributed by atoms with E-state index in [1.807, 2.05) is 61.5 Å². The molecule has 1 atom stereocenters. The van der Waals surface area contributed by atoms with Crippen LogP contribution in [0.25, 0.3) is 0 Å². The van der Waals surface area contributed by atoms with Crippen LogP contribution in [-0.4, -0.2) is 13.1 Å². The predicted octanol–water partition coefficient (Wildman–Crippen LogP) is 3.68. The Hall–Kier alpha value is -2.75. The maximum absolute atomic E-state index is 11.8. The molecule has 1 unspecified atom stereocenters. The lowest BCUT2D eigenvalue weighted by molar-refractivity contribution is -0.142. The zero-order chi connectivity index (χ0) is 16.3. The maximum atomic E-state index is 11.8. The second-order valence-corrected chi connectivity index (χ2v) is 5.36. The smallest absolute Gasteiger partial charge is 0.312 e. The molecular weight excluding hydrogens is 292 g/mol. The van der Waals surface area contributed by atoms with Crippen LogP contribution < -0.4 is 0 Å². The van der Waals surface area contributed by atoms with Crippen molar-refractivity contribution in [2.24, 2.45) is 0 Å². The minimum Gasteiger partial charge on any atom is -0.469 e. The van der Waals surface area contributed by atoms with E-state index < -0.39 is 5.79 Å². The van der Waals surface area contributed by atoms with Gasteiger partial charge in [-0.25, -0.2) is 0 Å². The van der Waals surface area contributed by atoms with Crippen molar-refractivity contribution < 1.29 is 19.0 Å². The number of benzene rings is 2. The highest BCUT2D eigenvalue weighted by atomic mass is 16.7. The number of rotatable bonds is 4. The third-order valence-electron chi connectivity index (χ3n) is 4.00. The van der Waals surface area contributed by atoms with Crippen LogP contribution in [0.2, 0.25) is 0 Å². The van der Waals surface area contributed by atoms with Gasteiger partial charge in [0.2, 0.25) is 0 Å². The first-order valence-electron chi connectivity index (χ1n) is 7.42. The van der Waals surface area contributed by atoms with Crippen LogP contribution in [-0.2, 0) is 24.8 Å². The summed E-state index contributed by atoms with van der Waals surface area (Å²) in [6.07, 6.45) is 3.06. The van der Waals surface area contributed by atoms with Crippen molar-refractivity contribution in [3.8, 4) is 0 Å². The van der Waals surface area contributed by atoms with Gasteiger partial charge in [-0.05, 0) is 18.6 Å². The zero-order valence-corrected chi connectivity index (χ0v) is 13.1. The van der Waals surface area contributed by atoms with Gasteiger partial charge in [0.05, 0.1) is 13.0 Å². The molecule has 0 aliphatic carbocycles. The Morgan fingerprint density at radius 1 is 1.00 bits per heavy atom. The Morgan fingerprint density at radius 2 is 1.65 bits per heavy atom. The summed E-state index contributed by atoms with van der Waals surface area (Å²) in [5.41, 5.74) is 2.55. The number of carbonyl (C=O) groups excluding carboxylic acids is 1. The standard InChI is InChI=1S/C19H18O4/c1-14(18(20)21-2)15-7-6-10-17(13-15)19(22-11-12-23-19)16-8-4-3-5-9-16/h3-14H,1-2H3. The second-order valence-electron chi connectivity index (χ2n) is 5.36. The monoisotopic (exact) mass is 310 g/mol. The van der Waals surface area contributed by atoms with Crippen molar-refractivity contribution in [2.75, 3.05) is 7.11 Å². The van der Waals surface area contributed by atoms with E-state index in [-0.39, 0.29) is 11.9 Å². The molecule has 0 saturated carbocycles. The molecule has 0 aromatic heterocycles. The summed E-state index contributed by atoms with van der Waals surface area (Å²) >= 11 is 0. The predicted molar refractivity (Wildman–Crippen MR) is 85.4 cm³/mol. The van der Waals surface area contributed by atoms with E-state index in [4.69, 9.17) is 14.2 Å². The van der Waals surface area contributed by atoms with Crippen LogP contribution in [0.1, 0.15) is 29.5 Å². The van der Waals surface area contributed by atoms with E-state index in [9.17, 15) is 4.79 Å².